The highest BCUT2D eigenvalue weighted by Crippen LogP contribution is 2.14. The number of alkyl halides is 1. The minimum absolute atomic E-state index is 0.0969. The fourth-order valence-corrected chi connectivity index (χ4v) is 1.89. The second-order valence-corrected chi connectivity index (χ2v) is 4.46. The first kappa shape index (κ1) is 13.8. The lowest BCUT2D eigenvalue weighted by atomic mass is 10.3. The van der Waals surface area contributed by atoms with E-state index in [9.17, 15) is 9.18 Å². The van der Waals surface area contributed by atoms with Gasteiger partial charge < -0.3 is 4.74 Å². The van der Waals surface area contributed by atoms with Crippen molar-refractivity contribution >= 4 is 17.7 Å². The molecule has 0 aliphatic heterocycles. The Labute approximate surface area is 89.6 Å². The van der Waals surface area contributed by atoms with Crippen molar-refractivity contribution in [3.05, 3.63) is 0 Å². The second kappa shape index (κ2) is 9.31. The van der Waals surface area contributed by atoms with Gasteiger partial charge in [-0.15, -0.1) is 11.8 Å². The largest absolute Gasteiger partial charge is 0.465 e. The predicted octanol–water partition coefficient (Wildman–Crippen LogP) is 2.81. The van der Waals surface area contributed by atoms with Gasteiger partial charge in [0.05, 0.1) is 18.5 Å². The Hall–Kier alpha value is -0.250. The molecule has 0 aliphatic rings. The summed E-state index contributed by atoms with van der Waals surface area (Å²) in [6.07, 6.45) is 2.51. The van der Waals surface area contributed by atoms with E-state index in [-0.39, 0.29) is 17.9 Å². The first-order chi connectivity index (χ1) is 6.72. The number of ether oxygens (including phenoxy) is 1. The molecule has 4 heteroatoms. The maximum Gasteiger partial charge on any atom is 0.318 e. The van der Waals surface area contributed by atoms with Crippen molar-refractivity contribution < 1.29 is 13.9 Å². The van der Waals surface area contributed by atoms with Crippen molar-refractivity contribution in [3.63, 3.8) is 0 Å². The molecule has 0 rings (SSSR count). The summed E-state index contributed by atoms with van der Waals surface area (Å²) in [5.74, 6) is 0.753. The van der Waals surface area contributed by atoms with Gasteiger partial charge in [0.1, 0.15) is 0 Å². The maximum absolute atomic E-state index is 11.7. The zero-order chi connectivity index (χ0) is 10.8. The molecule has 0 spiro atoms. The van der Waals surface area contributed by atoms with Gasteiger partial charge >= 0.3 is 5.97 Å². The van der Waals surface area contributed by atoms with Crippen LogP contribution in [0.2, 0.25) is 0 Å². The zero-order valence-electron chi connectivity index (χ0n) is 8.92. The van der Waals surface area contributed by atoms with Gasteiger partial charge in [0.25, 0.3) is 0 Å². The highest BCUT2D eigenvalue weighted by atomic mass is 32.2. The topological polar surface area (TPSA) is 26.3 Å². The van der Waals surface area contributed by atoms with E-state index in [4.69, 9.17) is 4.74 Å². The number of hydrogen-bond donors (Lipinski definition) is 0. The molecule has 0 heterocycles. The summed E-state index contributed by atoms with van der Waals surface area (Å²) < 4.78 is 16.6. The molecular formula is C10H19FO2S. The Bertz CT molecular complexity index is 153. The van der Waals surface area contributed by atoms with Crippen LogP contribution >= 0.6 is 11.8 Å². The molecule has 0 saturated heterocycles. The second-order valence-electron chi connectivity index (χ2n) is 3.01. The lowest BCUT2D eigenvalue weighted by Crippen LogP contribution is -2.17. The highest BCUT2D eigenvalue weighted by molar-refractivity contribution is 8.00. The predicted molar refractivity (Wildman–Crippen MR) is 58.4 cm³/mol. The number of halogens is 1. The maximum atomic E-state index is 11.7. The Morgan fingerprint density at radius 1 is 1.43 bits per heavy atom. The molecule has 0 aromatic rings. The summed E-state index contributed by atoms with van der Waals surface area (Å²) >= 11 is 1.58. The molecule has 0 aromatic heterocycles. The van der Waals surface area contributed by atoms with Crippen LogP contribution in [0, 0.1) is 0 Å². The molecule has 0 aliphatic carbocycles. The van der Waals surface area contributed by atoms with Gasteiger partial charge in [-0.1, -0.05) is 6.42 Å². The number of carbonyl (C=O) groups excluding carboxylic acids is 1. The molecule has 1 atom stereocenters. The Balaban J connectivity index is 3.34. The third-order valence-electron chi connectivity index (χ3n) is 1.76. The third kappa shape index (κ3) is 7.18. The number of esters is 1. The molecule has 14 heavy (non-hydrogen) atoms. The number of carbonyl (C=O) groups is 1. The van der Waals surface area contributed by atoms with Gasteiger partial charge in [-0.25, -0.2) is 0 Å². The molecule has 84 valence electrons. The van der Waals surface area contributed by atoms with Crippen LogP contribution < -0.4 is 0 Å². The molecule has 0 saturated carbocycles. The van der Waals surface area contributed by atoms with E-state index in [0.29, 0.717) is 13.0 Å². The van der Waals surface area contributed by atoms with E-state index in [2.05, 4.69) is 0 Å². The number of thioether (sulfide) groups is 1. The molecule has 0 N–H and O–H groups in total. The number of unbranched alkanes of at least 4 members (excludes halogenated alkanes) is 2. The quantitative estimate of drug-likeness (QED) is 0.466. The first-order valence-corrected chi connectivity index (χ1v) is 6.11. The minimum atomic E-state index is -0.238. The summed E-state index contributed by atoms with van der Waals surface area (Å²) in [4.78, 5) is 11.2. The Morgan fingerprint density at radius 2 is 2.14 bits per heavy atom. The Morgan fingerprint density at radius 3 is 2.71 bits per heavy atom. The molecular weight excluding hydrogens is 203 g/mol. The van der Waals surface area contributed by atoms with Crippen LogP contribution in [0.1, 0.15) is 33.1 Å². The van der Waals surface area contributed by atoms with Gasteiger partial charge in [0, 0.05) is 0 Å². The molecule has 2 nitrogen and oxygen atoms in total. The lowest BCUT2D eigenvalue weighted by molar-refractivity contribution is -0.142. The van der Waals surface area contributed by atoms with Crippen molar-refractivity contribution in [2.45, 2.75) is 38.4 Å². The minimum Gasteiger partial charge on any atom is -0.465 e. The van der Waals surface area contributed by atoms with Crippen molar-refractivity contribution in [3.8, 4) is 0 Å². The summed E-state index contributed by atoms with van der Waals surface area (Å²) in [7, 11) is 0. The van der Waals surface area contributed by atoms with Crippen molar-refractivity contribution in [1.29, 1.82) is 0 Å². The summed E-state index contributed by atoms with van der Waals surface area (Å²) in [6.45, 7) is 3.85. The van der Waals surface area contributed by atoms with Crippen LogP contribution in [0.15, 0.2) is 0 Å². The van der Waals surface area contributed by atoms with Crippen LogP contribution in [0.5, 0.6) is 0 Å². The number of rotatable bonds is 8. The molecule has 0 radical (unpaired) electrons. The van der Waals surface area contributed by atoms with E-state index < -0.39 is 0 Å². The molecule has 0 bridgehead atoms. The zero-order valence-corrected chi connectivity index (χ0v) is 9.74. The van der Waals surface area contributed by atoms with E-state index in [0.717, 1.165) is 18.6 Å². The molecule has 0 amide bonds. The smallest absolute Gasteiger partial charge is 0.318 e. The van der Waals surface area contributed by atoms with Crippen molar-refractivity contribution in [2.24, 2.45) is 0 Å². The fraction of sp³-hybridized carbons (Fsp3) is 0.900. The monoisotopic (exact) mass is 222 g/mol. The van der Waals surface area contributed by atoms with E-state index in [1.165, 1.54) is 0 Å². The van der Waals surface area contributed by atoms with Gasteiger partial charge in [-0.2, -0.15) is 0 Å². The number of hydrogen-bond acceptors (Lipinski definition) is 3. The van der Waals surface area contributed by atoms with Crippen molar-refractivity contribution in [1.82, 2.24) is 0 Å². The Kier molecular flexibility index (Phi) is 9.14. The van der Waals surface area contributed by atoms with Gasteiger partial charge in [-0.05, 0) is 32.4 Å². The van der Waals surface area contributed by atoms with Crippen LogP contribution in [0.4, 0.5) is 4.39 Å². The molecule has 0 fully saturated rings. The fourth-order valence-electron chi connectivity index (χ4n) is 0.961. The normalized spacial score (nSPS) is 12.5. The van der Waals surface area contributed by atoms with Crippen LogP contribution in [0.3, 0.4) is 0 Å². The highest BCUT2D eigenvalue weighted by Gasteiger charge is 2.13. The summed E-state index contributed by atoms with van der Waals surface area (Å²) in [5.41, 5.74) is 0. The van der Waals surface area contributed by atoms with Crippen LogP contribution in [0.25, 0.3) is 0 Å². The van der Waals surface area contributed by atoms with Gasteiger partial charge in [0.15, 0.2) is 0 Å². The van der Waals surface area contributed by atoms with E-state index in [1.807, 2.05) is 6.92 Å². The lowest BCUT2D eigenvalue weighted by Gasteiger charge is -2.09. The summed E-state index contributed by atoms with van der Waals surface area (Å²) in [6, 6.07) is 0. The van der Waals surface area contributed by atoms with E-state index >= 15 is 0 Å². The average Bonchev–Trinajstić information content (AvgIpc) is 2.17. The third-order valence-corrected chi connectivity index (χ3v) is 2.98. The standard InChI is InChI=1S/C10H19FO2S/c1-3-13-10(12)9(2)14-8-6-4-5-7-11/h9H,3-8H2,1-2H3. The average molecular weight is 222 g/mol. The van der Waals surface area contributed by atoms with Crippen LogP contribution in [-0.4, -0.2) is 30.3 Å². The van der Waals surface area contributed by atoms with Crippen LogP contribution in [-0.2, 0) is 9.53 Å². The van der Waals surface area contributed by atoms with Crippen molar-refractivity contribution in [2.75, 3.05) is 19.0 Å². The SMILES string of the molecule is CCOC(=O)C(C)SCCCCCF. The van der Waals surface area contributed by atoms with Gasteiger partial charge in [-0.3, -0.25) is 9.18 Å². The van der Waals surface area contributed by atoms with E-state index in [1.54, 1.807) is 18.7 Å². The first-order valence-electron chi connectivity index (χ1n) is 5.06. The summed E-state index contributed by atoms with van der Waals surface area (Å²) in [5, 5.41) is -0.0969. The van der Waals surface area contributed by atoms with Gasteiger partial charge in [0.2, 0.25) is 0 Å². The molecule has 1 unspecified atom stereocenters. The molecule has 0 aromatic carbocycles.